The molecule has 15 nitrogen and oxygen atoms in total. The quantitative estimate of drug-likeness (QED) is 0.151. The molecule has 3 aromatic carbocycles. The van der Waals surface area contributed by atoms with E-state index in [1.165, 1.54) is 31.2 Å². The van der Waals surface area contributed by atoms with E-state index in [0.29, 0.717) is 23.4 Å². The van der Waals surface area contributed by atoms with E-state index in [-0.39, 0.29) is 24.5 Å². The van der Waals surface area contributed by atoms with Crippen LogP contribution in [0, 0.1) is 5.92 Å². The van der Waals surface area contributed by atoms with Crippen LogP contribution in [0.25, 0.3) is 5.69 Å². The van der Waals surface area contributed by atoms with E-state index in [1.54, 1.807) is 62.4 Å². The lowest BCUT2D eigenvalue weighted by atomic mass is 10.0. The normalized spacial score (nSPS) is 22.2. The van der Waals surface area contributed by atoms with Gasteiger partial charge in [0.2, 0.25) is 23.6 Å². The number of para-hydroxylation sites is 1. The third-order valence-corrected chi connectivity index (χ3v) is 8.98. The highest BCUT2D eigenvalue weighted by atomic mass is 16.5. The maximum atomic E-state index is 13.8. The Hall–Kier alpha value is -6.09. The van der Waals surface area contributed by atoms with Gasteiger partial charge in [-0.05, 0) is 61.6 Å². The molecule has 0 unspecified atom stereocenters. The number of hydrogen-bond acceptors (Lipinski definition) is 9. The smallest absolute Gasteiger partial charge is 0.254 e. The fraction of sp³-hybridized carbons (Fsp3) is 0.359. The number of aliphatic hydroxyl groups excluding tert-OH is 1. The molecule has 284 valence electrons. The van der Waals surface area contributed by atoms with Crippen molar-refractivity contribution < 1.29 is 33.8 Å². The van der Waals surface area contributed by atoms with E-state index >= 15 is 0 Å². The number of aliphatic hydroxyl groups is 1. The molecule has 6 atom stereocenters. The van der Waals surface area contributed by atoms with Gasteiger partial charge in [-0.25, -0.2) is 9.67 Å². The summed E-state index contributed by atoms with van der Waals surface area (Å²) in [6, 6.07) is 18.0. The molecule has 2 aliphatic rings. The largest absolute Gasteiger partial charge is 0.491 e. The van der Waals surface area contributed by atoms with Crippen molar-refractivity contribution in [1.29, 1.82) is 0 Å². The molecule has 5 amide bonds. The summed E-state index contributed by atoms with van der Waals surface area (Å²) in [6.45, 7) is 6.37. The van der Waals surface area contributed by atoms with Crippen molar-refractivity contribution in [3.8, 4) is 11.4 Å². The number of aromatic nitrogens is 3. The lowest BCUT2D eigenvalue weighted by molar-refractivity contribution is -0.136. The summed E-state index contributed by atoms with van der Waals surface area (Å²) in [5.41, 5.74) is 2.32. The second-order valence-electron chi connectivity index (χ2n) is 13.6. The Morgan fingerprint density at radius 2 is 1.52 bits per heavy atom. The van der Waals surface area contributed by atoms with Crippen LogP contribution in [0.5, 0.6) is 5.75 Å². The summed E-state index contributed by atoms with van der Waals surface area (Å²) in [6.07, 6.45) is 1.91. The zero-order valence-electron chi connectivity index (χ0n) is 30.6. The van der Waals surface area contributed by atoms with E-state index in [2.05, 4.69) is 36.7 Å². The summed E-state index contributed by atoms with van der Waals surface area (Å²) in [5.74, 6) is -3.10. The van der Waals surface area contributed by atoms with Crippen molar-refractivity contribution in [3.05, 3.63) is 108 Å². The predicted molar refractivity (Wildman–Crippen MR) is 198 cm³/mol. The number of carbonyl (C=O) groups is 5. The van der Waals surface area contributed by atoms with Crippen LogP contribution in [-0.2, 0) is 32.0 Å². The van der Waals surface area contributed by atoms with Gasteiger partial charge in [-0.1, -0.05) is 68.4 Å². The average Bonchev–Trinajstić information content (AvgIpc) is 3.70. The van der Waals surface area contributed by atoms with Crippen LogP contribution in [0.15, 0.2) is 91.5 Å². The molecule has 2 aliphatic heterocycles. The summed E-state index contributed by atoms with van der Waals surface area (Å²) < 4.78 is 7.57. The molecule has 0 radical (unpaired) electrons. The van der Waals surface area contributed by atoms with Crippen LogP contribution in [0.3, 0.4) is 0 Å². The number of amides is 5. The molecule has 15 heteroatoms. The predicted octanol–water partition coefficient (Wildman–Crippen LogP) is 1.24. The fourth-order valence-electron chi connectivity index (χ4n) is 5.98. The van der Waals surface area contributed by atoms with Gasteiger partial charge in [0.05, 0.1) is 23.4 Å². The molecule has 0 aliphatic carbocycles. The highest BCUT2D eigenvalue weighted by molar-refractivity contribution is 6.01. The zero-order chi connectivity index (χ0) is 38.8. The highest BCUT2D eigenvalue weighted by Crippen LogP contribution is 2.17. The van der Waals surface area contributed by atoms with Gasteiger partial charge in [0.1, 0.15) is 49.2 Å². The van der Waals surface area contributed by atoms with Gasteiger partial charge in [0.25, 0.3) is 5.91 Å². The molecule has 6 rings (SSSR count). The van der Waals surface area contributed by atoms with Crippen molar-refractivity contribution in [2.24, 2.45) is 5.92 Å². The Bertz CT molecular complexity index is 1900. The van der Waals surface area contributed by atoms with Crippen LogP contribution in [0.2, 0.25) is 0 Å². The number of nitrogens with zero attached hydrogens (tertiary/aromatic N) is 3. The summed E-state index contributed by atoms with van der Waals surface area (Å²) in [5, 5.41) is 28.3. The monoisotopic (exact) mass is 738 g/mol. The number of nitrogens with one attached hydrogen (secondary N) is 5. The van der Waals surface area contributed by atoms with Gasteiger partial charge in [0.15, 0.2) is 0 Å². The molecular formula is C39H46N8O7. The number of hydrogen-bond donors (Lipinski definition) is 6. The van der Waals surface area contributed by atoms with Crippen LogP contribution >= 0.6 is 0 Å². The lowest BCUT2D eigenvalue weighted by Gasteiger charge is -2.29. The van der Waals surface area contributed by atoms with Gasteiger partial charge in [-0.2, -0.15) is 5.10 Å². The first-order chi connectivity index (χ1) is 25.9. The fourth-order valence-corrected chi connectivity index (χ4v) is 5.98. The molecule has 6 N–H and O–H groups in total. The third kappa shape index (κ3) is 10.3. The number of rotatable bonds is 7. The van der Waals surface area contributed by atoms with Gasteiger partial charge in [-0.15, -0.1) is 0 Å². The minimum absolute atomic E-state index is 0.0413. The highest BCUT2D eigenvalue weighted by Gasteiger charge is 2.34. The van der Waals surface area contributed by atoms with Crippen LogP contribution in [0.1, 0.15) is 49.2 Å². The first-order valence-electron chi connectivity index (χ1n) is 17.8. The van der Waals surface area contributed by atoms with Gasteiger partial charge in [0, 0.05) is 6.42 Å². The molecule has 0 saturated heterocycles. The number of fused-ring (bicyclic) bond motifs is 17. The molecule has 1 aromatic heterocycles. The molecule has 54 heavy (non-hydrogen) atoms. The Labute approximate surface area is 313 Å². The Kier molecular flexibility index (Phi) is 13.1. The van der Waals surface area contributed by atoms with Crippen molar-refractivity contribution in [1.82, 2.24) is 41.3 Å². The minimum Gasteiger partial charge on any atom is -0.491 e. The molecule has 2 bridgehead atoms. The van der Waals surface area contributed by atoms with Crippen LogP contribution in [0.4, 0.5) is 0 Å². The first-order valence-corrected chi connectivity index (χ1v) is 17.8. The topological polar surface area (TPSA) is 206 Å². The Morgan fingerprint density at radius 3 is 2.19 bits per heavy atom. The van der Waals surface area contributed by atoms with Gasteiger partial charge >= 0.3 is 0 Å². The second-order valence-corrected chi connectivity index (χ2v) is 13.6. The second kappa shape index (κ2) is 18.1. The van der Waals surface area contributed by atoms with E-state index in [9.17, 15) is 29.1 Å². The Balaban J connectivity index is 1.46. The molecule has 0 saturated carbocycles. The standard InChI is InChI=1S/C39H46N8O7/c1-23(2)33-38(52)43-28(18-26-10-6-5-7-11-26)20-54-29-16-14-27(15-17-29)19-31(37(51)42-24(3)35(49)46-34(25(4)48)39(53)45-33)44-36(50)30-12-8-9-13-32(30)47-22-40-21-41-47/h5-17,21-25,28,31,33-34,48H,18-20H2,1-4H3,(H,42,51)(H,43,52)(H,44,50)(H,45,53)(H,46,49)/t24-,25-,28+,31+,33-,34+/m1/s1. The lowest BCUT2D eigenvalue weighted by Crippen LogP contribution is -2.61. The molecule has 0 spiro atoms. The number of benzene rings is 3. The van der Waals surface area contributed by atoms with Crippen LogP contribution in [-0.4, -0.2) is 92.3 Å². The molecule has 0 fully saturated rings. The first kappa shape index (κ1) is 39.1. The maximum Gasteiger partial charge on any atom is 0.254 e. The van der Waals surface area contributed by atoms with E-state index in [1.807, 2.05) is 30.3 Å². The Morgan fingerprint density at radius 1 is 0.852 bits per heavy atom. The van der Waals surface area contributed by atoms with E-state index in [4.69, 9.17) is 4.74 Å². The van der Waals surface area contributed by atoms with E-state index in [0.717, 1.165) is 5.56 Å². The zero-order valence-corrected chi connectivity index (χ0v) is 30.6. The minimum atomic E-state index is -1.46. The average molecular weight is 739 g/mol. The summed E-state index contributed by atoms with van der Waals surface area (Å²) >= 11 is 0. The number of carbonyl (C=O) groups excluding carboxylic acids is 5. The van der Waals surface area contributed by atoms with Crippen LogP contribution < -0.4 is 31.3 Å². The number of ether oxygens (including phenoxy) is 1. The summed E-state index contributed by atoms with van der Waals surface area (Å²) in [7, 11) is 0. The van der Waals surface area contributed by atoms with Crippen molar-refractivity contribution in [2.45, 2.75) is 76.8 Å². The van der Waals surface area contributed by atoms with Gasteiger partial charge < -0.3 is 36.4 Å². The maximum absolute atomic E-state index is 13.8. The van der Waals surface area contributed by atoms with Gasteiger partial charge in [-0.3, -0.25) is 24.0 Å². The van der Waals surface area contributed by atoms with E-state index < -0.39 is 65.8 Å². The van der Waals surface area contributed by atoms with Crippen molar-refractivity contribution in [3.63, 3.8) is 0 Å². The van der Waals surface area contributed by atoms with Crippen molar-refractivity contribution in [2.75, 3.05) is 6.61 Å². The molecule has 3 heterocycles. The summed E-state index contributed by atoms with van der Waals surface area (Å²) in [4.78, 5) is 72.1. The SMILES string of the molecule is CC(C)[C@H]1NC(=O)[C@H]([C@@H](C)O)NC(=O)[C@@H](C)NC(=O)[C@@H](NC(=O)c2ccccc2-n2cncn2)Cc2ccc(cc2)OC[C@H](Cc2ccccc2)NC1=O. The third-order valence-electron chi connectivity index (χ3n) is 8.98. The molecular weight excluding hydrogens is 692 g/mol. The van der Waals surface area contributed by atoms with Crippen molar-refractivity contribution >= 4 is 29.5 Å². The molecule has 4 aromatic rings.